The average Bonchev–Trinajstić information content (AvgIpc) is 2.98. The Balaban J connectivity index is 1.88. The normalized spacial score (nSPS) is 11.0. The van der Waals surface area contributed by atoms with E-state index in [4.69, 9.17) is 4.74 Å². The summed E-state index contributed by atoms with van der Waals surface area (Å²) in [6.45, 7) is -0.405. The molecule has 1 aromatic heterocycles. The highest BCUT2D eigenvalue weighted by Gasteiger charge is 2.17. The highest BCUT2D eigenvalue weighted by atomic mass is 19.3. The molecule has 0 atom stereocenters. The predicted molar refractivity (Wildman–Crippen MR) is 93.0 cm³/mol. The van der Waals surface area contributed by atoms with Gasteiger partial charge in [0.2, 0.25) is 5.95 Å². The van der Waals surface area contributed by atoms with Gasteiger partial charge in [-0.05, 0) is 37.3 Å². The lowest BCUT2D eigenvalue weighted by atomic mass is 10.2. The van der Waals surface area contributed by atoms with Gasteiger partial charge in [0.1, 0.15) is 0 Å². The van der Waals surface area contributed by atoms with Crippen LogP contribution in [0, 0.1) is 0 Å². The van der Waals surface area contributed by atoms with Crippen LogP contribution in [-0.4, -0.2) is 29.2 Å². The number of hydrogen-bond donors (Lipinski definition) is 1. The van der Waals surface area contributed by atoms with E-state index in [9.17, 15) is 13.6 Å². The number of halogens is 2. The molecule has 3 aromatic rings. The summed E-state index contributed by atoms with van der Waals surface area (Å²) in [6.07, 6.45) is 0. The number of methoxy groups -OCH3 is 1. The SMILES string of the molecule is CCn1c(NC(=O)c2ccc(OC(F)F)c(OC)c2)nc2ccccc21. The molecule has 26 heavy (non-hydrogen) atoms. The highest BCUT2D eigenvalue weighted by molar-refractivity contribution is 6.04. The Morgan fingerprint density at radius 3 is 2.69 bits per heavy atom. The molecule has 0 radical (unpaired) electrons. The number of fused-ring (bicyclic) bond motifs is 1. The fourth-order valence-corrected chi connectivity index (χ4v) is 2.67. The number of para-hydroxylation sites is 2. The molecule has 0 saturated heterocycles. The fraction of sp³-hybridized carbons (Fsp3) is 0.222. The van der Waals surface area contributed by atoms with Crippen LogP contribution >= 0.6 is 0 Å². The number of carbonyl (C=O) groups excluding carboxylic acids is 1. The van der Waals surface area contributed by atoms with Gasteiger partial charge in [0.05, 0.1) is 18.1 Å². The molecule has 8 heteroatoms. The number of nitrogens with one attached hydrogen (secondary N) is 1. The lowest BCUT2D eigenvalue weighted by Crippen LogP contribution is -2.16. The van der Waals surface area contributed by atoms with Crippen molar-refractivity contribution in [2.45, 2.75) is 20.1 Å². The Morgan fingerprint density at radius 2 is 2.00 bits per heavy atom. The minimum absolute atomic E-state index is 0.0435. The third-order valence-corrected chi connectivity index (χ3v) is 3.84. The number of carbonyl (C=O) groups is 1. The number of nitrogens with zero attached hydrogens (tertiary/aromatic N) is 2. The zero-order chi connectivity index (χ0) is 18.7. The van der Waals surface area contributed by atoms with Crippen LogP contribution < -0.4 is 14.8 Å². The molecule has 2 aromatic carbocycles. The second kappa shape index (κ2) is 7.38. The number of alkyl halides is 2. The van der Waals surface area contributed by atoms with Crippen LogP contribution in [0.1, 0.15) is 17.3 Å². The van der Waals surface area contributed by atoms with Crippen molar-refractivity contribution in [2.75, 3.05) is 12.4 Å². The molecule has 0 fully saturated rings. The molecule has 1 amide bonds. The maximum absolute atomic E-state index is 12.6. The summed E-state index contributed by atoms with van der Waals surface area (Å²) in [6, 6.07) is 11.5. The van der Waals surface area contributed by atoms with Gasteiger partial charge in [-0.15, -0.1) is 0 Å². The molecule has 0 unspecified atom stereocenters. The molecule has 3 rings (SSSR count). The number of aromatic nitrogens is 2. The summed E-state index contributed by atoms with van der Waals surface area (Å²) in [5, 5.41) is 2.75. The third kappa shape index (κ3) is 3.44. The van der Waals surface area contributed by atoms with Gasteiger partial charge < -0.3 is 14.0 Å². The Morgan fingerprint density at radius 1 is 1.23 bits per heavy atom. The van der Waals surface area contributed by atoms with E-state index in [1.165, 1.54) is 25.3 Å². The van der Waals surface area contributed by atoms with Crippen LogP contribution in [0.3, 0.4) is 0 Å². The van der Waals surface area contributed by atoms with Gasteiger partial charge in [-0.3, -0.25) is 10.1 Å². The minimum atomic E-state index is -2.98. The quantitative estimate of drug-likeness (QED) is 0.723. The molecular weight excluding hydrogens is 344 g/mol. The Labute approximate surface area is 148 Å². The summed E-state index contributed by atoms with van der Waals surface area (Å²) in [5.74, 6) is -0.121. The number of rotatable bonds is 6. The third-order valence-electron chi connectivity index (χ3n) is 3.84. The first-order valence-corrected chi connectivity index (χ1v) is 7.93. The van der Waals surface area contributed by atoms with E-state index in [2.05, 4.69) is 15.0 Å². The van der Waals surface area contributed by atoms with Crippen molar-refractivity contribution in [3.63, 3.8) is 0 Å². The zero-order valence-corrected chi connectivity index (χ0v) is 14.2. The van der Waals surface area contributed by atoms with Crippen molar-refractivity contribution in [3.05, 3.63) is 48.0 Å². The van der Waals surface area contributed by atoms with Crippen molar-refractivity contribution in [1.29, 1.82) is 0 Å². The van der Waals surface area contributed by atoms with Gasteiger partial charge in [0.15, 0.2) is 11.5 Å². The van der Waals surface area contributed by atoms with Crippen molar-refractivity contribution >= 4 is 22.9 Å². The van der Waals surface area contributed by atoms with Crippen molar-refractivity contribution in [1.82, 2.24) is 9.55 Å². The van der Waals surface area contributed by atoms with Gasteiger partial charge in [-0.2, -0.15) is 8.78 Å². The molecule has 0 spiro atoms. The molecule has 0 saturated carbocycles. The average molecular weight is 361 g/mol. The maximum Gasteiger partial charge on any atom is 0.387 e. The molecule has 0 aliphatic heterocycles. The van der Waals surface area contributed by atoms with E-state index in [1.807, 2.05) is 35.8 Å². The van der Waals surface area contributed by atoms with E-state index < -0.39 is 12.5 Å². The summed E-state index contributed by atoms with van der Waals surface area (Å²) in [5.41, 5.74) is 1.91. The molecular formula is C18H17F2N3O3. The molecule has 0 bridgehead atoms. The predicted octanol–water partition coefficient (Wildman–Crippen LogP) is 3.92. The molecule has 1 heterocycles. The molecule has 6 nitrogen and oxygen atoms in total. The van der Waals surface area contributed by atoms with Crippen LogP contribution in [0.15, 0.2) is 42.5 Å². The van der Waals surface area contributed by atoms with Gasteiger partial charge in [0.25, 0.3) is 5.91 Å². The summed E-state index contributed by atoms with van der Waals surface area (Å²) in [7, 11) is 1.31. The highest BCUT2D eigenvalue weighted by Crippen LogP contribution is 2.30. The Bertz CT molecular complexity index is 941. The van der Waals surface area contributed by atoms with Crippen molar-refractivity contribution < 1.29 is 23.0 Å². The van der Waals surface area contributed by atoms with Crippen LogP contribution in [0.4, 0.5) is 14.7 Å². The molecule has 1 N–H and O–H groups in total. The molecule has 0 aliphatic rings. The van der Waals surface area contributed by atoms with Gasteiger partial charge >= 0.3 is 6.61 Å². The summed E-state index contributed by atoms with van der Waals surface area (Å²) < 4.78 is 36.1. The second-order valence-corrected chi connectivity index (χ2v) is 5.37. The number of amides is 1. The first-order valence-electron chi connectivity index (χ1n) is 7.93. The van der Waals surface area contributed by atoms with E-state index in [-0.39, 0.29) is 17.1 Å². The van der Waals surface area contributed by atoms with Crippen molar-refractivity contribution in [2.24, 2.45) is 0 Å². The van der Waals surface area contributed by atoms with E-state index in [0.29, 0.717) is 12.5 Å². The van der Waals surface area contributed by atoms with E-state index in [1.54, 1.807) is 0 Å². The van der Waals surface area contributed by atoms with E-state index >= 15 is 0 Å². The second-order valence-electron chi connectivity index (χ2n) is 5.37. The topological polar surface area (TPSA) is 65.4 Å². The van der Waals surface area contributed by atoms with Gasteiger partial charge in [-0.1, -0.05) is 12.1 Å². The first kappa shape index (κ1) is 17.7. The largest absolute Gasteiger partial charge is 0.493 e. The van der Waals surface area contributed by atoms with Crippen LogP contribution in [-0.2, 0) is 6.54 Å². The minimum Gasteiger partial charge on any atom is -0.493 e. The molecule has 0 aliphatic carbocycles. The lowest BCUT2D eigenvalue weighted by Gasteiger charge is -2.12. The van der Waals surface area contributed by atoms with Crippen LogP contribution in [0.5, 0.6) is 11.5 Å². The molecule has 136 valence electrons. The smallest absolute Gasteiger partial charge is 0.387 e. The summed E-state index contributed by atoms with van der Waals surface area (Å²) >= 11 is 0. The number of imidazole rings is 1. The maximum atomic E-state index is 12.6. The Kier molecular flexibility index (Phi) is 5.01. The Hall–Kier alpha value is -3.16. The number of anilines is 1. The van der Waals surface area contributed by atoms with Crippen LogP contribution in [0.2, 0.25) is 0 Å². The van der Waals surface area contributed by atoms with Gasteiger partial charge in [-0.25, -0.2) is 4.98 Å². The number of benzene rings is 2. The monoisotopic (exact) mass is 361 g/mol. The van der Waals surface area contributed by atoms with Crippen molar-refractivity contribution in [3.8, 4) is 11.5 Å². The lowest BCUT2D eigenvalue weighted by molar-refractivity contribution is -0.0512. The standard InChI is InChI=1S/C18H17F2N3O3/c1-3-23-13-7-5-4-6-12(13)21-18(23)22-16(24)11-8-9-14(26-17(19)20)15(10-11)25-2/h4-10,17H,3H2,1-2H3,(H,21,22,24). The number of hydrogen-bond acceptors (Lipinski definition) is 4. The van der Waals surface area contributed by atoms with Gasteiger partial charge in [0, 0.05) is 12.1 Å². The van der Waals surface area contributed by atoms with E-state index in [0.717, 1.165) is 11.0 Å². The number of ether oxygens (including phenoxy) is 2. The fourth-order valence-electron chi connectivity index (χ4n) is 2.67. The van der Waals surface area contributed by atoms with Crippen LogP contribution in [0.25, 0.3) is 11.0 Å². The first-order chi connectivity index (χ1) is 12.5. The zero-order valence-electron chi connectivity index (χ0n) is 14.2. The summed E-state index contributed by atoms with van der Waals surface area (Å²) in [4.78, 5) is 17.0. The number of aryl methyl sites for hydroxylation is 1.